The van der Waals surface area contributed by atoms with E-state index in [1.165, 1.54) is 4.57 Å². The van der Waals surface area contributed by atoms with Gasteiger partial charge in [0.1, 0.15) is 6.04 Å². The summed E-state index contributed by atoms with van der Waals surface area (Å²) in [6.45, 7) is 5.42. The van der Waals surface area contributed by atoms with E-state index in [9.17, 15) is 9.59 Å². The van der Waals surface area contributed by atoms with Crippen LogP contribution in [-0.4, -0.2) is 15.5 Å². The second-order valence-corrected chi connectivity index (χ2v) is 5.55. The topological polar surface area (TPSA) is 64.0 Å². The minimum absolute atomic E-state index is 0.249. The lowest BCUT2D eigenvalue weighted by atomic mass is 10.1. The minimum atomic E-state index is -0.601. The maximum absolute atomic E-state index is 12.5. The Hall–Kier alpha value is -2.14. The Labute approximate surface area is 134 Å². The van der Waals surface area contributed by atoms with Crippen LogP contribution in [0.2, 0.25) is 5.02 Å². The van der Waals surface area contributed by atoms with Crippen LogP contribution in [0.1, 0.15) is 30.8 Å². The number of rotatable bonds is 4. The molecule has 1 aromatic heterocycles. The first-order chi connectivity index (χ1) is 10.4. The van der Waals surface area contributed by atoms with E-state index >= 15 is 0 Å². The second kappa shape index (κ2) is 6.75. The summed E-state index contributed by atoms with van der Waals surface area (Å²) in [5.74, 6) is -0.249. The van der Waals surface area contributed by atoms with Gasteiger partial charge in [-0.1, -0.05) is 18.5 Å². The highest BCUT2D eigenvalue weighted by Gasteiger charge is 2.21. The summed E-state index contributed by atoms with van der Waals surface area (Å²) in [6.07, 6.45) is 0.491. The Balaban J connectivity index is 2.30. The average Bonchev–Trinajstić information content (AvgIpc) is 2.45. The highest BCUT2D eigenvalue weighted by molar-refractivity contribution is 6.30. The molecule has 0 saturated heterocycles. The van der Waals surface area contributed by atoms with Crippen molar-refractivity contribution in [1.29, 1.82) is 0 Å². The molecule has 0 aliphatic rings. The van der Waals surface area contributed by atoms with Crippen LogP contribution in [0.3, 0.4) is 0 Å². The van der Waals surface area contributed by atoms with Gasteiger partial charge in [-0.3, -0.25) is 9.36 Å². The molecular weight excluding hydrogens is 302 g/mol. The molecule has 0 spiro atoms. The third-order valence-corrected chi connectivity index (χ3v) is 3.64. The Morgan fingerprint density at radius 2 is 1.95 bits per heavy atom. The summed E-state index contributed by atoms with van der Waals surface area (Å²) < 4.78 is 1.43. The van der Waals surface area contributed by atoms with Gasteiger partial charge in [0.2, 0.25) is 5.91 Å². The van der Waals surface area contributed by atoms with Crippen LogP contribution in [0.25, 0.3) is 0 Å². The van der Waals surface area contributed by atoms with E-state index < -0.39 is 11.7 Å². The van der Waals surface area contributed by atoms with E-state index in [1.54, 1.807) is 44.2 Å². The number of anilines is 1. The van der Waals surface area contributed by atoms with Gasteiger partial charge in [-0.25, -0.2) is 4.79 Å². The predicted molar refractivity (Wildman–Crippen MR) is 87.4 cm³/mol. The molecule has 0 aliphatic carbocycles. The van der Waals surface area contributed by atoms with Crippen LogP contribution in [0.4, 0.5) is 5.69 Å². The molecule has 1 N–H and O–H groups in total. The number of aryl methyl sites for hydroxylation is 2. The lowest BCUT2D eigenvalue weighted by molar-refractivity contribution is -0.119. The number of benzene rings is 1. The summed E-state index contributed by atoms with van der Waals surface area (Å²) in [5.41, 5.74) is 1.59. The molecule has 2 rings (SSSR count). The van der Waals surface area contributed by atoms with Crippen molar-refractivity contribution in [3.8, 4) is 0 Å². The first-order valence-electron chi connectivity index (χ1n) is 7.05. The number of hydrogen-bond donors (Lipinski definition) is 1. The molecule has 1 aromatic carbocycles. The van der Waals surface area contributed by atoms with E-state index in [4.69, 9.17) is 11.6 Å². The fourth-order valence-corrected chi connectivity index (χ4v) is 2.51. The molecule has 5 nitrogen and oxygen atoms in total. The maximum atomic E-state index is 12.5. The summed E-state index contributed by atoms with van der Waals surface area (Å²) in [5, 5.41) is 3.40. The van der Waals surface area contributed by atoms with Gasteiger partial charge < -0.3 is 5.32 Å². The van der Waals surface area contributed by atoms with Gasteiger partial charge in [-0.2, -0.15) is 4.98 Å². The summed E-state index contributed by atoms with van der Waals surface area (Å²) in [4.78, 5) is 28.5. The number of amides is 1. The van der Waals surface area contributed by atoms with E-state index in [2.05, 4.69) is 10.3 Å². The van der Waals surface area contributed by atoms with E-state index in [0.717, 1.165) is 5.69 Å². The van der Waals surface area contributed by atoms with Gasteiger partial charge >= 0.3 is 5.69 Å². The molecule has 116 valence electrons. The number of carbonyl (C=O) groups excluding carboxylic acids is 1. The smallest absolute Gasteiger partial charge is 0.324 e. The third kappa shape index (κ3) is 3.54. The zero-order valence-corrected chi connectivity index (χ0v) is 13.5. The van der Waals surface area contributed by atoms with Crippen molar-refractivity contribution >= 4 is 23.2 Å². The van der Waals surface area contributed by atoms with Crippen molar-refractivity contribution in [1.82, 2.24) is 9.55 Å². The molecule has 2 aromatic rings. The first-order valence-corrected chi connectivity index (χ1v) is 7.43. The Morgan fingerprint density at radius 3 is 2.50 bits per heavy atom. The summed E-state index contributed by atoms with van der Waals surface area (Å²) in [7, 11) is 0. The highest BCUT2D eigenvalue weighted by Crippen LogP contribution is 2.17. The number of carbonyl (C=O) groups is 1. The molecule has 0 fully saturated rings. The summed E-state index contributed by atoms with van der Waals surface area (Å²) >= 11 is 5.82. The molecule has 1 amide bonds. The zero-order valence-electron chi connectivity index (χ0n) is 12.8. The Kier molecular flexibility index (Phi) is 4.98. The lowest BCUT2D eigenvalue weighted by Gasteiger charge is -2.20. The SMILES string of the molecule is CC[C@@H](C(=O)Nc1ccc(Cl)cc1)n1c(C)cc(C)nc1=O. The van der Waals surface area contributed by atoms with Gasteiger partial charge in [0.15, 0.2) is 0 Å². The van der Waals surface area contributed by atoms with Gasteiger partial charge in [0.05, 0.1) is 0 Å². The number of nitrogens with zero attached hydrogens (tertiary/aromatic N) is 2. The fourth-order valence-electron chi connectivity index (χ4n) is 2.38. The summed E-state index contributed by atoms with van der Waals surface area (Å²) in [6, 6.07) is 8.02. The normalized spacial score (nSPS) is 12.0. The molecule has 6 heteroatoms. The number of halogens is 1. The van der Waals surface area contributed by atoms with E-state index in [1.807, 2.05) is 6.92 Å². The molecule has 1 heterocycles. The molecule has 0 saturated carbocycles. The van der Waals surface area contributed by atoms with Crippen molar-refractivity contribution in [3.05, 3.63) is 57.2 Å². The van der Waals surface area contributed by atoms with Crippen LogP contribution >= 0.6 is 11.6 Å². The molecule has 0 unspecified atom stereocenters. The van der Waals surface area contributed by atoms with Crippen LogP contribution in [-0.2, 0) is 4.79 Å². The van der Waals surface area contributed by atoms with Crippen LogP contribution < -0.4 is 11.0 Å². The average molecular weight is 320 g/mol. The predicted octanol–water partition coefficient (Wildman–Crippen LogP) is 3.10. The van der Waals surface area contributed by atoms with Crippen molar-refractivity contribution < 1.29 is 4.79 Å². The molecule has 0 bridgehead atoms. The van der Waals surface area contributed by atoms with Gasteiger partial charge in [-0.15, -0.1) is 0 Å². The number of nitrogens with one attached hydrogen (secondary N) is 1. The largest absolute Gasteiger partial charge is 0.348 e. The monoisotopic (exact) mass is 319 g/mol. The highest BCUT2D eigenvalue weighted by atomic mass is 35.5. The molecule has 0 radical (unpaired) electrons. The van der Waals surface area contributed by atoms with Gasteiger partial charge in [0, 0.05) is 22.1 Å². The van der Waals surface area contributed by atoms with Crippen molar-refractivity contribution in [2.45, 2.75) is 33.2 Å². The first kappa shape index (κ1) is 16.2. The van der Waals surface area contributed by atoms with Gasteiger partial charge in [0.25, 0.3) is 0 Å². The number of hydrogen-bond acceptors (Lipinski definition) is 3. The zero-order chi connectivity index (χ0) is 16.3. The molecular formula is C16H18ClN3O2. The van der Waals surface area contributed by atoms with Crippen LogP contribution in [0, 0.1) is 13.8 Å². The van der Waals surface area contributed by atoms with Crippen LogP contribution in [0.15, 0.2) is 35.1 Å². The maximum Gasteiger partial charge on any atom is 0.348 e. The lowest BCUT2D eigenvalue weighted by Crippen LogP contribution is -2.36. The van der Waals surface area contributed by atoms with Crippen molar-refractivity contribution in [2.75, 3.05) is 5.32 Å². The number of aromatic nitrogens is 2. The second-order valence-electron chi connectivity index (χ2n) is 5.11. The Bertz CT molecular complexity index is 738. The minimum Gasteiger partial charge on any atom is -0.324 e. The standard InChI is InChI=1S/C16H18ClN3O2/c1-4-14(20-11(3)9-10(2)18-16(20)22)15(21)19-13-7-5-12(17)6-8-13/h5-9,14H,4H2,1-3H3,(H,19,21)/t14-/m0/s1. The molecule has 1 atom stereocenters. The Morgan fingerprint density at radius 1 is 1.32 bits per heavy atom. The fraction of sp³-hybridized carbons (Fsp3) is 0.312. The third-order valence-electron chi connectivity index (χ3n) is 3.39. The van der Waals surface area contributed by atoms with Gasteiger partial charge in [-0.05, 0) is 50.6 Å². The van der Waals surface area contributed by atoms with E-state index in [-0.39, 0.29) is 5.91 Å². The van der Waals surface area contributed by atoms with Crippen molar-refractivity contribution in [3.63, 3.8) is 0 Å². The van der Waals surface area contributed by atoms with Crippen molar-refractivity contribution in [2.24, 2.45) is 0 Å². The quantitative estimate of drug-likeness (QED) is 0.941. The molecule has 0 aliphatic heterocycles. The molecule has 22 heavy (non-hydrogen) atoms. The van der Waals surface area contributed by atoms with E-state index in [0.29, 0.717) is 22.8 Å². The van der Waals surface area contributed by atoms with Crippen LogP contribution in [0.5, 0.6) is 0 Å².